The fraction of sp³-hybridized carbons (Fsp3) is 0.600. The minimum atomic E-state index is -0.248. The molecule has 18 heavy (non-hydrogen) atoms. The van der Waals surface area contributed by atoms with Crippen molar-refractivity contribution >= 4 is 0 Å². The number of phenols is 1. The number of unbranched alkanes of at least 4 members (excludes halogenated alkanes) is 1. The molecular formula is C15H25NO2. The number of nitrogens with two attached hydrogens (primary N) is 1. The van der Waals surface area contributed by atoms with Gasteiger partial charge in [-0.2, -0.15) is 0 Å². The molecule has 1 rings (SSSR count). The fourth-order valence-corrected chi connectivity index (χ4v) is 1.83. The summed E-state index contributed by atoms with van der Waals surface area (Å²) in [5.41, 5.74) is 6.62. The van der Waals surface area contributed by atoms with E-state index in [1.807, 2.05) is 26.8 Å². The highest BCUT2D eigenvalue weighted by atomic mass is 16.5. The number of aromatic hydroxyl groups is 1. The lowest BCUT2D eigenvalue weighted by molar-refractivity contribution is 0.130. The molecule has 0 aliphatic carbocycles. The second kappa shape index (κ2) is 6.10. The maximum absolute atomic E-state index is 9.87. The Kier molecular flexibility index (Phi) is 5.03. The Balaban J connectivity index is 2.87. The van der Waals surface area contributed by atoms with Crippen LogP contribution in [0.25, 0.3) is 0 Å². The Morgan fingerprint density at radius 3 is 2.56 bits per heavy atom. The van der Waals surface area contributed by atoms with Gasteiger partial charge < -0.3 is 15.6 Å². The first kappa shape index (κ1) is 14.8. The van der Waals surface area contributed by atoms with Gasteiger partial charge in [0.15, 0.2) is 0 Å². The molecule has 0 aromatic heterocycles. The van der Waals surface area contributed by atoms with Crippen molar-refractivity contribution in [3.63, 3.8) is 0 Å². The van der Waals surface area contributed by atoms with Gasteiger partial charge in [0.2, 0.25) is 0 Å². The van der Waals surface area contributed by atoms with Gasteiger partial charge in [0.1, 0.15) is 17.1 Å². The molecule has 3 N–H and O–H groups in total. The molecule has 0 amide bonds. The van der Waals surface area contributed by atoms with Crippen molar-refractivity contribution in [3.8, 4) is 11.5 Å². The summed E-state index contributed by atoms with van der Waals surface area (Å²) in [4.78, 5) is 0. The number of rotatable bonds is 5. The normalized spacial score (nSPS) is 13.4. The highest BCUT2D eigenvalue weighted by Gasteiger charge is 2.15. The lowest BCUT2D eigenvalue weighted by Gasteiger charge is -2.22. The molecular weight excluding hydrogens is 226 g/mol. The lowest BCUT2D eigenvalue weighted by Crippen LogP contribution is -2.23. The van der Waals surface area contributed by atoms with Crippen LogP contribution in [0.15, 0.2) is 18.2 Å². The summed E-state index contributed by atoms with van der Waals surface area (Å²) < 4.78 is 5.79. The van der Waals surface area contributed by atoms with Gasteiger partial charge in [-0.3, -0.25) is 0 Å². The standard InChI is InChI=1S/C15H25NO2/c1-5-6-7-13(16)12-10-11(8-9-14(12)17)18-15(2,3)4/h8-10,13,17H,5-7,16H2,1-4H3/t13-/m0/s1. The van der Waals surface area contributed by atoms with Crippen LogP contribution in [-0.2, 0) is 0 Å². The largest absolute Gasteiger partial charge is 0.508 e. The topological polar surface area (TPSA) is 55.5 Å². The van der Waals surface area contributed by atoms with Crippen molar-refractivity contribution in [1.29, 1.82) is 0 Å². The molecule has 1 atom stereocenters. The van der Waals surface area contributed by atoms with Gasteiger partial charge in [-0.15, -0.1) is 0 Å². The van der Waals surface area contributed by atoms with Gasteiger partial charge >= 0.3 is 0 Å². The average Bonchev–Trinajstić information content (AvgIpc) is 2.26. The highest BCUT2D eigenvalue weighted by molar-refractivity contribution is 5.41. The Labute approximate surface area is 110 Å². The molecule has 3 nitrogen and oxygen atoms in total. The van der Waals surface area contributed by atoms with E-state index in [0.29, 0.717) is 0 Å². The molecule has 0 aliphatic heterocycles. The zero-order valence-electron chi connectivity index (χ0n) is 11.9. The molecule has 0 saturated carbocycles. The molecule has 0 unspecified atom stereocenters. The summed E-state index contributed by atoms with van der Waals surface area (Å²) in [7, 11) is 0. The van der Waals surface area contributed by atoms with E-state index in [1.54, 1.807) is 12.1 Å². The van der Waals surface area contributed by atoms with Crippen molar-refractivity contribution in [3.05, 3.63) is 23.8 Å². The summed E-state index contributed by atoms with van der Waals surface area (Å²) in [5, 5.41) is 9.87. The minimum absolute atomic E-state index is 0.131. The van der Waals surface area contributed by atoms with Crippen molar-refractivity contribution in [2.75, 3.05) is 0 Å². The van der Waals surface area contributed by atoms with Crippen LogP contribution in [0.3, 0.4) is 0 Å². The third-order valence-corrected chi connectivity index (χ3v) is 2.69. The molecule has 0 aliphatic rings. The number of hydrogen-bond donors (Lipinski definition) is 2. The van der Waals surface area contributed by atoms with Crippen LogP contribution in [0, 0.1) is 0 Å². The first-order valence-corrected chi connectivity index (χ1v) is 6.61. The summed E-state index contributed by atoms with van der Waals surface area (Å²) in [6.07, 6.45) is 3.04. The van der Waals surface area contributed by atoms with Crippen LogP contribution >= 0.6 is 0 Å². The van der Waals surface area contributed by atoms with Gasteiger partial charge in [0.25, 0.3) is 0 Å². The Morgan fingerprint density at radius 2 is 2.00 bits per heavy atom. The first-order chi connectivity index (χ1) is 8.33. The Bertz CT molecular complexity index is 383. The summed E-state index contributed by atoms with van der Waals surface area (Å²) in [6, 6.07) is 5.15. The fourth-order valence-electron chi connectivity index (χ4n) is 1.83. The maximum atomic E-state index is 9.87. The molecule has 0 heterocycles. The molecule has 0 saturated heterocycles. The van der Waals surface area contributed by atoms with E-state index in [2.05, 4.69) is 6.92 Å². The quantitative estimate of drug-likeness (QED) is 0.837. The number of phenolic OH excluding ortho intramolecular Hbond substituents is 1. The second-order valence-corrected chi connectivity index (χ2v) is 5.68. The molecule has 0 bridgehead atoms. The van der Waals surface area contributed by atoms with E-state index in [4.69, 9.17) is 10.5 Å². The summed E-state index contributed by atoms with van der Waals surface area (Å²) in [6.45, 7) is 8.12. The van der Waals surface area contributed by atoms with Crippen molar-refractivity contribution in [1.82, 2.24) is 0 Å². The molecule has 102 valence electrons. The molecule has 0 fully saturated rings. The van der Waals surface area contributed by atoms with E-state index in [-0.39, 0.29) is 17.4 Å². The van der Waals surface area contributed by atoms with Crippen molar-refractivity contribution in [2.24, 2.45) is 5.73 Å². The van der Waals surface area contributed by atoms with Crippen LogP contribution in [0.1, 0.15) is 58.6 Å². The molecule has 0 radical (unpaired) electrons. The second-order valence-electron chi connectivity index (χ2n) is 5.68. The number of benzene rings is 1. The van der Waals surface area contributed by atoms with Gasteiger partial charge in [-0.05, 0) is 45.4 Å². The average molecular weight is 251 g/mol. The van der Waals surface area contributed by atoms with E-state index in [0.717, 1.165) is 30.6 Å². The van der Waals surface area contributed by atoms with Crippen molar-refractivity contribution in [2.45, 2.75) is 58.6 Å². The first-order valence-electron chi connectivity index (χ1n) is 6.61. The monoisotopic (exact) mass is 251 g/mol. The molecule has 1 aromatic carbocycles. The SMILES string of the molecule is CCCC[C@H](N)c1cc(OC(C)(C)C)ccc1O. The Hall–Kier alpha value is -1.22. The zero-order valence-corrected chi connectivity index (χ0v) is 11.9. The van der Waals surface area contributed by atoms with Crippen LogP contribution < -0.4 is 10.5 Å². The Morgan fingerprint density at radius 1 is 1.33 bits per heavy atom. The number of hydrogen-bond acceptors (Lipinski definition) is 3. The van der Waals surface area contributed by atoms with Crippen LogP contribution in [0.5, 0.6) is 11.5 Å². The molecule has 3 heteroatoms. The van der Waals surface area contributed by atoms with Crippen LogP contribution in [0.4, 0.5) is 0 Å². The summed E-state index contributed by atoms with van der Waals surface area (Å²) in [5.74, 6) is 1.00. The van der Waals surface area contributed by atoms with E-state index >= 15 is 0 Å². The smallest absolute Gasteiger partial charge is 0.120 e. The van der Waals surface area contributed by atoms with Crippen LogP contribution in [0.2, 0.25) is 0 Å². The van der Waals surface area contributed by atoms with Crippen molar-refractivity contribution < 1.29 is 9.84 Å². The molecule has 0 spiro atoms. The van der Waals surface area contributed by atoms with E-state index < -0.39 is 0 Å². The van der Waals surface area contributed by atoms with Gasteiger partial charge in [-0.25, -0.2) is 0 Å². The zero-order chi connectivity index (χ0) is 13.8. The lowest BCUT2D eigenvalue weighted by atomic mass is 10.0. The minimum Gasteiger partial charge on any atom is -0.508 e. The predicted molar refractivity (Wildman–Crippen MR) is 74.9 cm³/mol. The number of ether oxygens (including phenoxy) is 1. The van der Waals surface area contributed by atoms with Gasteiger partial charge in [0, 0.05) is 11.6 Å². The van der Waals surface area contributed by atoms with Gasteiger partial charge in [-0.1, -0.05) is 19.8 Å². The van der Waals surface area contributed by atoms with Gasteiger partial charge in [0.05, 0.1) is 0 Å². The highest BCUT2D eigenvalue weighted by Crippen LogP contribution is 2.31. The predicted octanol–water partition coefficient (Wildman–Crippen LogP) is 3.76. The molecule has 1 aromatic rings. The maximum Gasteiger partial charge on any atom is 0.120 e. The van der Waals surface area contributed by atoms with Crippen LogP contribution in [-0.4, -0.2) is 10.7 Å². The van der Waals surface area contributed by atoms with E-state index in [9.17, 15) is 5.11 Å². The third-order valence-electron chi connectivity index (χ3n) is 2.69. The summed E-state index contributed by atoms with van der Waals surface area (Å²) >= 11 is 0. The third kappa shape index (κ3) is 4.57. The van der Waals surface area contributed by atoms with E-state index in [1.165, 1.54) is 0 Å².